The first-order valence-electron chi connectivity index (χ1n) is 7.03. The second-order valence-electron chi connectivity index (χ2n) is 4.93. The Bertz CT molecular complexity index is 741. The zero-order valence-electron chi connectivity index (χ0n) is 11.7. The predicted molar refractivity (Wildman–Crippen MR) is 81.5 cm³/mol. The van der Waals surface area contributed by atoms with Crippen molar-refractivity contribution in [1.29, 1.82) is 0 Å². The Balaban J connectivity index is 2.08. The number of hydrogen-bond acceptors (Lipinski definition) is 5. The van der Waals surface area contributed by atoms with E-state index >= 15 is 0 Å². The molecule has 2 heterocycles. The Labute approximate surface area is 126 Å². The molecule has 2 aromatic rings. The summed E-state index contributed by atoms with van der Waals surface area (Å²) < 4.78 is 6.65. The molecule has 0 bridgehead atoms. The number of nitrogens with zero attached hydrogens (tertiary/aromatic N) is 2. The minimum atomic E-state index is -0.263. The number of para-hydroxylation sites is 1. The number of ether oxygens (including phenoxy) is 1. The van der Waals surface area contributed by atoms with Gasteiger partial charge in [0, 0.05) is 13.0 Å². The topological polar surface area (TPSA) is 61.2 Å². The number of benzene rings is 1. The van der Waals surface area contributed by atoms with Crippen LogP contribution < -0.4 is 5.56 Å². The number of esters is 1. The smallest absolute Gasteiger partial charge is 0.319 e. The van der Waals surface area contributed by atoms with Crippen LogP contribution in [0.15, 0.2) is 34.2 Å². The highest BCUT2D eigenvalue weighted by Gasteiger charge is 2.29. The number of carbonyl (C=O) groups excluding carboxylic acids is 1. The Kier molecular flexibility index (Phi) is 3.96. The van der Waals surface area contributed by atoms with E-state index in [1.165, 1.54) is 11.8 Å². The largest absolute Gasteiger partial charge is 0.465 e. The molecule has 0 amide bonds. The van der Waals surface area contributed by atoms with Crippen molar-refractivity contribution in [3.05, 3.63) is 34.6 Å². The molecule has 1 aliphatic rings. The zero-order valence-corrected chi connectivity index (χ0v) is 12.6. The van der Waals surface area contributed by atoms with E-state index in [0.717, 1.165) is 6.42 Å². The summed E-state index contributed by atoms with van der Waals surface area (Å²) in [6.07, 6.45) is 1.50. The number of rotatable bonds is 4. The van der Waals surface area contributed by atoms with E-state index in [1.807, 2.05) is 25.1 Å². The van der Waals surface area contributed by atoms with Gasteiger partial charge in [0.25, 0.3) is 5.56 Å². The second kappa shape index (κ2) is 5.89. The third-order valence-corrected chi connectivity index (χ3v) is 4.64. The normalized spacial score (nSPS) is 18.1. The number of thioether (sulfide) groups is 1. The summed E-state index contributed by atoms with van der Waals surface area (Å²) in [5.41, 5.74) is 0.625. The molecule has 1 atom stereocenters. The quantitative estimate of drug-likeness (QED) is 0.640. The molecule has 1 aromatic carbocycles. The van der Waals surface area contributed by atoms with Crippen molar-refractivity contribution in [2.75, 3.05) is 6.61 Å². The highest BCUT2D eigenvalue weighted by Crippen LogP contribution is 2.28. The summed E-state index contributed by atoms with van der Waals surface area (Å²) >= 11 is 1.33. The summed E-state index contributed by atoms with van der Waals surface area (Å²) in [7, 11) is 0. The predicted octanol–water partition coefficient (Wildman–Crippen LogP) is 2.21. The number of fused-ring (bicyclic) bond motifs is 1. The van der Waals surface area contributed by atoms with Gasteiger partial charge in [0.05, 0.1) is 17.5 Å². The first kappa shape index (κ1) is 14.1. The van der Waals surface area contributed by atoms with E-state index in [9.17, 15) is 9.59 Å². The monoisotopic (exact) mass is 304 g/mol. The van der Waals surface area contributed by atoms with Crippen molar-refractivity contribution in [3.63, 3.8) is 0 Å². The van der Waals surface area contributed by atoms with Crippen molar-refractivity contribution in [3.8, 4) is 0 Å². The van der Waals surface area contributed by atoms with Gasteiger partial charge in [0.1, 0.15) is 5.25 Å². The maximum absolute atomic E-state index is 12.6. The highest BCUT2D eigenvalue weighted by molar-refractivity contribution is 8.00. The molecule has 1 unspecified atom stereocenters. The summed E-state index contributed by atoms with van der Waals surface area (Å²) in [6, 6.07) is 7.30. The van der Waals surface area contributed by atoms with Gasteiger partial charge in [-0.1, -0.05) is 30.8 Å². The minimum Gasteiger partial charge on any atom is -0.465 e. The van der Waals surface area contributed by atoms with Crippen LogP contribution in [0.3, 0.4) is 0 Å². The first-order valence-corrected chi connectivity index (χ1v) is 7.91. The first-order chi connectivity index (χ1) is 10.2. The molecule has 1 aliphatic heterocycles. The van der Waals surface area contributed by atoms with Crippen molar-refractivity contribution < 1.29 is 9.53 Å². The number of aromatic nitrogens is 2. The Hall–Kier alpha value is -1.82. The maximum Gasteiger partial charge on any atom is 0.319 e. The van der Waals surface area contributed by atoms with Crippen molar-refractivity contribution in [2.24, 2.45) is 0 Å². The summed E-state index contributed by atoms with van der Waals surface area (Å²) in [4.78, 5) is 28.8. The van der Waals surface area contributed by atoms with E-state index in [4.69, 9.17) is 4.74 Å². The third-order valence-electron chi connectivity index (χ3n) is 3.41. The van der Waals surface area contributed by atoms with Crippen LogP contribution in [-0.2, 0) is 16.1 Å². The fraction of sp³-hybridized carbons (Fsp3) is 0.400. The Morgan fingerprint density at radius 2 is 2.19 bits per heavy atom. The molecule has 1 saturated heterocycles. The van der Waals surface area contributed by atoms with Gasteiger partial charge < -0.3 is 4.74 Å². The second-order valence-corrected chi connectivity index (χ2v) is 6.10. The van der Waals surface area contributed by atoms with E-state index in [2.05, 4.69) is 4.98 Å². The minimum absolute atomic E-state index is 0.0451. The molecule has 3 rings (SSSR count). The van der Waals surface area contributed by atoms with Gasteiger partial charge in [-0.15, -0.1) is 0 Å². The summed E-state index contributed by atoms with van der Waals surface area (Å²) in [6.45, 7) is 3.06. The molecule has 5 nitrogen and oxygen atoms in total. The van der Waals surface area contributed by atoms with Crippen LogP contribution in [0, 0.1) is 0 Å². The molecule has 0 aliphatic carbocycles. The van der Waals surface area contributed by atoms with Gasteiger partial charge in [-0.05, 0) is 18.6 Å². The average Bonchev–Trinajstić information content (AvgIpc) is 2.88. The van der Waals surface area contributed by atoms with Gasteiger partial charge in [0.2, 0.25) is 0 Å². The molecule has 21 heavy (non-hydrogen) atoms. The van der Waals surface area contributed by atoms with Gasteiger partial charge >= 0.3 is 5.97 Å². The fourth-order valence-electron chi connectivity index (χ4n) is 2.37. The molecular formula is C15H16N2O3S. The fourth-order valence-corrected chi connectivity index (χ4v) is 3.46. The van der Waals surface area contributed by atoms with Crippen LogP contribution in [0.25, 0.3) is 10.9 Å². The average molecular weight is 304 g/mol. The lowest BCUT2D eigenvalue weighted by molar-refractivity contribution is -0.137. The van der Waals surface area contributed by atoms with E-state index in [0.29, 0.717) is 35.6 Å². The SMILES string of the molecule is CCCn1c(SC2CCOC2=O)nc2ccccc2c1=O. The Morgan fingerprint density at radius 1 is 1.38 bits per heavy atom. The number of carbonyl (C=O) groups is 1. The van der Waals surface area contributed by atoms with Crippen molar-refractivity contribution >= 4 is 28.6 Å². The lowest BCUT2D eigenvalue weighted by Gasteiger charge is -2.13. The molecule has 1 aromatic heterocycles. The zero-order chi connectivity index (χ0) is 14.8. The van der Waals surface area contributed by atoms with Crippen LogP contribution in [0.5, 0.6) is 0 Å². The standard InChI is InChI=1S/C15H16N2O3S/c1-2-8-17-13(18)10-5-3-4-6-11(10)16-15(17)21-12-7-9-20-14(12)19/h3-6,12H,2,7-9H2,1H3. The lowest BCUT2D eigenvalue weighted by Crippen LogP contribution is -2.24. The molecule has 0 radical (unpaired) electrons. The van der Waals surface area contributed by atoms with Crippen molar-refractivity contribution in [2.45, 2.75) is 36.7 Å². The lowest BCUT2D eigenvalue weighted by atomic mass is 10.2. The van der Waals surface area contributed by atoms with Gasteiger partial charge in [-0.2, -0.15) is 0 Å². The van der Waals surface area contributed by atoms with E-state index in [-0.39, 0.29) is 16.8 Å². The molecule has 0 spiro atoms. The summed E-state index contributed by atoms with van der Waals surface area (Å²) in [5, 5.41) is 0.954. The third kappa shape index (κ3) is 2.68. The van der Waals surface area contributed by atoms with E-state index < -0.39 is 0 Å². The molecule has 1 fully saturated rings. The molecule has 6 heteroatoms. The van der Waals surface area contributed by atoms with E-state index in [1.54, 1.807) is 10.6 Å². The molecule has 0 saturated carbocycles. The van der Waals surface area contributed by atoms with Gasteiger partial charge in [-0.25, -0.2) is 4.98 Å². The van der Waals surface area contributed by atoms with Crippen LogP contribution in [0.4, 0.5) is 0 Å². The van der Waals surface area contributed by atoms with Crippen LogP contribution >= 0.6 is 11.8 Å². The number of cyclic esters (lactones) is 1. The van der Waals surface area contributed by atoms with Crippen molar-refractivity contribution in [1.82, 2.24) is 9.55 Å². The Morgan fingerprint density at radius 3 is 2.90 bits per heavy atom. The number of hydrogen-bond donors (Lipinski definition) is 0. The maximum atomic E-state index is 12.6. The van der Waals surface area contributed by atoms with Crippen LogP contribution in [0.1, 0.15) is 19.8 Å². The van der Waals surface area contributed by atoms with Crippen LogP contribution in [0.2, 0.25) is 0 Å². The van der Waals surface area contributed by atoms with Gasteiger partial charge in [0.15, 0.2) is 5.16 Å². The van der Waals surface area contributed by atoms with Crippen LogP contribution in [-0.4, -0.2) is 27.4 Å². The van der Waals surface area contributed by atoms with Gasteiger partial charge in [-0.3, -0.25) is 14.2 Å². The summed E-state index contributed by atoms with van der Waals surface area (Å²) in [5.74, 6) is -0.217. The molecule has 110 valence electrons. The molecular weight excluding hydrogens is 288 g/mol. The molecule has 0 N–H and O–H groups in total. The highest BCUT2D eigenvalue weighted by atomic mass is 32.2.